The molecule has 0 fully saturated rings. The van der Waals surface area contributed by atoms with Crippen molar-refractivity contribution in [2.75, 3.05) is 0 Å². The maximum atomic E-state index is 12.8. The molecule has 2 nitrogen and oxygen atoms in total. The second kappa shape index (κ2) is 4.77. The molecule has 0 aliphatic carbocycles. The van der Waals surface area contributed by atoms with E-state index in [1.165, 1.54) is 24.3 Å². The van der Waals surface area contributed by atoms with E-state index in [0.29, 0.717) is 6.20 Å². The monoisotopic (exact) mass is 292 g/mol. The third-order valence-corrected chi connectivity index (χ3v) is 2.40. The zero-order chi connectivity index (χ0) is 15.0. The van der Waals surface area contributed by atoms with Crippen LogP contribution in [0.1, 0.15) is 11.5 Å². The zero-order valence-electron chi connectivity index (χ0n) is 9.63. The van der Waals surface area contributed by atoms with Gasteiger partial charge in [-0.25, -0.2) is 9.97 Å². The number of hydrogen-bond acceptors (Lipinski definition) is 2. The van der Waals surface area contributed by atoms with Crippen molar-refractivity contribution in [2.24, 2.45) is 0 Å². The molecule has 0 aliphatic heterocycles. The van der Waals surface area contributed by atoms with E-state index < -0.39 is 29.4 Å². The third-order valence-electron chi connectivity index (χ3n) is 2.40. The molecule has 0 atom stereocenters. The summed E-state index contributed by atoms with van der Waals surface area (Å²) in [6.07, 6.45) is -9.50. The predicted octanol–water partition coefficient (Wildman–Crippen LogP) is 4.18. The van der Waals surface area contributed by atoms with Crippen LogP contribution in [0.15, 0.2) is 36.5 Å². The summed E-state index contributed by atoms with van der Waals surface area (Å²) in [6, 6.07) is 7.17. The number of nitrogens with zero attached hydrogens (tertiary/aromatic N) is 2. The highest BCUT2D eigenvalue weighted by Crippen LogP contribution is 2.37. The maximum Gasteiger partial charge on any atom is 0.451 e. The lowest BCUT2D eigenvalue weighted by atomic mass is 10.1. The van der Waals surface area contributed by atoms with Crippen LogP contribution in [-0.4, -0.2) is 9.97 Å². The van der Waals surface area contributed by atoms with Gasteiger partial charge in [0.2, 0.25) is 5.82 Å². The highest BCUT2D eigenvalue weighted by Gasteiger charge is 2.41. The second-order valence-electron chi connectivity index (χ2n) is 3.82. The highest BCUT2D eigenvalue weighted by atomic mass is 19.4. The van der Waals surface area contributed by atoms with Gasteiger partial charge in [0, 0.05) is 11.8 Å². The molecule has 0 saturated carbocycles. The van der Waals surface area contributed by atoms with Crippen LogP contribution in [0.2, 0.25) is 0 Å². The molecule has 0 amide bonds. The molecular weight excluding hydrogens is 286 g/mol. The number of benzene rings is 1. The minimum Gasteiger partial charge on any atom is -0.232 e. The minimum atomic E-state index is -5.03. The first-order valence-corrected chi connectivity index (χ1v) is 5.26. The van der Waals surface area contributed by atoms with E-state index >= 15 is 0 Å². The van der Waals surface area contributed by atoms with Crippen molar-refractivity contribution in [1.29, 1.82) is 0 Å². The summed E-state index contributed by atoms with van der Waals surface area (Å²) < 4.78 is 75.7. The van der Waals surface area contributed by atoms with Crippen LogP contribution in [-0.2, 0) is 12.4 Å². The van der Waals surface area contributed by atoms with Gasteiger partial charge in [0.15, 0.2) is 5.69 Å². The molecular formula is C12H6F6N2. The van der Waals surface area contributed by atoms with Gasteiger partial charge in [0.05, 0.1) is 0 Å². The molecule has 106 valence electrons. The fraction of sp³-hybridized carbons (Fsp3) is 0.167. The smallest absolute Gasteiger partial charge is 0.232 e. The molecule has 8 heteroatoms. The lowest BCUT2D eigenvalue weighted by Gasteiger charge is -2.13. The molecule has 0 bridgehead atoms. The summed E-state index contributed by atoms with van der Waals surface area (Å²) in [6.45, 7) is 0. The SMILES string of the molecule is FC(F)(F)c1ncc(-c2ccccc2)c(C(F)(F)F)n1. The summed E-state index contributed by atoms with van der Waals surface area (Å²) in [7, 11) is 0. The zero-order valence-corrected chi connectivity index (χ0v) is 9.63. The van der Waals surface area contributed by atoms with Crippen molar-refractivity contribution >= 4 is 0 Å². The van der Waals surface area contributed by atoms with Crippen molar-refractivity contribution in [3.05, 3.63) is 48.0 Å². The number of aromatic nitrogens is 2. The largest absolute Gasteiger partial charge is 0.451 e. The molecule has 20 heavy (non-hydrogen) atoms. The van der Waals surface area contributed by atoms with Crippen LogP contribution >= 0.6 is 0 Å². The first-order chi connectivity index (χ1) is 9.19. The van der Waals surface area contributed by atoms with E-state index in [1.807, 2.05) is 0 Å². The van der Waals surface area contributed by atoms with Crippen LogP contribution < -0.4 is 0 Å². The molecule has 0 aliphatic rings. The number of halogens is 6. The fourth-order valence-electron chi connectivity index (χ4n) is 1.56. The average molecular weight is 292 g/mol. The Morgan fingerprint density at radius 3 is 1.90 bits per heavy atom. The third kappa shape index (κ3) is 2.89. The Morgan fingerprint density at radius 2 is 1.40 bits per heavy atom. The lowest BCUT2D eigenvalue weighted by Crippen LogP contribution is -2.18. The van der Waals surface area contributed by atoms with E-state index in [9.17, 15) is 26.3 Å². The Balaban J connectivity index is 2.65. The summed E-state index contributed by atoms with van der Waals surface area (Å²) >= 11 is 0. The van der Waals surface area contributed by atoms with Gasteiger partial charge in [0.25, 0.3) is 0 Å². The Morgan fingerprint density at radius 1 is 0.800 bits per heavy atom. The molecule has 1 heterocycles. The van der Waals surface area contributed by atoms with Crippen molar-refractivity contribution < 1.29 is 26.3 Å². The predicted molar refractivity (Wildman–Crippen MR) is 57.5 cm³/mol. The van der Waals surface area contributed by atoms with Gasteiger partial charge in [0.1, 0.15) is 0 Å². The molecule has 0 saturated heterocycles. The standard InChI is InChI=1S/C12H6F6N2/c13-11(14,15)9-8(7-4-2-1-3-5-7)6-19-10(20-9)12(16,17)18/h1-6H. The minimum absolute atomic E-state index is 0.0912. The first-order valence-electron chi connectivity index (χ1n) is 5.26. The molecule has 0 spiro atoms. The van der Waals surface area contributed by atoms with Crippen molar-refractivity contribution in [1.82, 2.24) is 9.97 Å². The molecule has 1 aromatic carbocycles. The van der Waals surface area contributed by atoms with Crippen LogP contribution in [0, 0.1) is 0 Å². The van der Waals surface area contributed by atoms with E-state index in [-0.39, 0.29) is 5.56 Å². The molecule has 1 aromatic heterocycles. The van der Waals surface area contributed by atoms with E-state index in [0.717, 1.165) is 0 Å². The first kappa shape index (κ1) is 14.3. The summed E-state index contributed by atoms with van der Waals surface area (Å²) in [5, 5.41) is 0. The summed E-state index contributed by atoms with van der Waals surface area (Å²) in [5.41, 5.74) is -2.01. The van der Waals surface area contributed by atoms with Gasteiger partial charge >= 0.3 is 12.4 Å². The van der Waals surface area contributed by atoms with Crippen LogP contribution in [0.4, 0.5) is 26.3 Å². The lowest BCUT2D eigenvalue weighted by molar-refractivity contribution is -0.152. The topological polar surface area (TPSA) is 25.8 Å². The van der Waals surface area contributed by atoms with Crippen LogP contribution in [0.5, 0.6) is 0 Å². The van der Waals surface area contributed by atoms with Crippen molar-refractivity contribution in [3.63, 3.8) is 0 Å². The van der Waals surface area contributed by atoms with Crippen molar-refractivity contribution in [3.8, 4) is 11.1 Å². The Labute approximate surface area is 109 Å². The van der Waals surface area contributed by atoms with Gasteiger partial charge in [-0.05, 0) is 5.56 Å². The van der Waals surface area contributed by atoms with Gasteiger partial charge in [-0.2, -0.15) is 26.3 Å². The Bertz CT molecular complexity index is 604. The molecule has 0 unspecified atom stereocenters. The summed E-state index contributed by atoms with van der Waals surface area (Å²) in [4.78, 5) is 5.59. The molecule has 2 rings (SSSR count). The Hall–Kier alpha value is -2.12. The van der Waals surface area contributed by atoms with Gasteiger partial charge < -0.3 is 0 Å². The fourth-order valence-corrected chi connectivity index (χ4v) is 1.56. The molecule has 0 radical (unpaired) electrons. The van der Waals surface area contributed by atoms with Crippen LogP contribution in [0.25, 0.3) is 11.1 Å². The summed E-state index contributed by atoms with van der Waals surface area (Å²) in [5.74, 6) is -1.82. The van der Waals surface area contributed by atoms with Gasteiger partial charge in [-0.3, -0.25) is 0 Å². The van der Waals surface area contributed by atoms with E-state index in [2.05, 4.69) is 9.97 Å². The maximum absolute atomic E-state index is 12.8. The van der Waals surface area contributed by atoms with Crippen LogP contribution in [0.3, 0.4) is 0 Å². The number of rotatable bonds is 1. The normalized spacial score (nSPS) is 12.5. The molecule has 2 aromatic rings. The van der Waals surface area contributed by atoms with E-state index in [1.54, 1.807) is 6.07 Å². The second-order valence-corrected chi connectivity index (χ2v) is 3.82. The van der Waals surface area contributed by atoms with Crippen molar-refractivity contribution in [2.45, 2.75) is 12.4 Å². The van der Waals surface area contributed by atoms with Gasteiger partial charge in [-0.15, -0.1) is 0 Å². The quantitative estimate of drug-likeness (QED) is 0.737. The number of alkyl halides is 6. The van der Waals surface area contributed by atoms with Gasteiger partial charge in [-0.1, -0.05) is 30.3 Å². The highest BCUT2D eigenvalue weighted by molar-refractivity contribution is 5.65. The average Bonchev–Trinajstić information content (AvgIpc) is 2.37. The number of hydrogen-bond donors (Lipinski definition) is 0. The van der Waals surface area contributed by atoms with E-state index in [4.69, 9.17) is 0 Å². The molecule has 0 N–H and O–H groups in total. The Kier molecular flexibility index (Phi) is 3.41.